The predicted octanol–water partition coefficient (Wildman–Crippen LogP) is 21.8. The number of esters is 1. The SMILES string of the molecule is CCCCCCCCC/C=C\CCCCCCCCCC(=O)OCCCCCCCCC/C=C\CCCCCCCC(=O)NC(CO)C(O)CCCCCCCCCCCCCCCCCCCCCCCCCC. The fourth-order valence-corrected chi connectivity index (χ4v) is 10.7. The van der Waals surface area contributed by atoms with Crippen LogP contribution >= 0.6 is 0 Å². The van der Waals surface area contributed by atoms with E-state index in [1.54, 1.807) is 0 Å². The summed E-state index contributed by atoms with van der Waals surface area (Å²) in [5.74, 6) is -0.0525. The van der Waals surface area contributed by atoms with Crippen molar-refractivity contribution < 1.29 is 24.5 Å². The van der Waals surface area contributed by atoms with E-state index in [9.17, 15) is 19.8 Å². The smallest absolute Gasteiger partial charge is 0.305 e. The quantitative estimate of drug-likeness (QED) is 0.0320. The van der Waals surface area contributed by atoms with E-state index in [4.69, 9.17) is 4.74 Å². The van der Waals surface area contributed by atoms with Gasteiger partial charge in [-0.2, -0.15) is 0 Å². The Hall–Kier alpha value is -1.66. The fourth-order valence-electron chi connectivity index (χ4n) is 10.7. The number of carbonyl (C=O) groups excluding carboxylic acids is 2. The van der Waals surface area contributed by atoms with Gasteiger partial charge in [-0.1, -0.05) is 314 Å². The minimum Gasteiger partial charge on any atom is -0.466 e. The van der Waals surface area contributed by atoms with E-state index in [0.717, 1.165) is 64.2 Å². The van der Waals surface area contributed by atoms with Gasteiger partial charge in [0.15, 0.2) is 0 Å². The number of allylic oxidation sites excluding steroid dienone is 4. The zero-order chi connectivity index (χ0) is 54.3. The second-order valence-electron chi connectivity index (χ2n) is 23.5. The molecule has 75 heavy (non-hydrogen) atoms. The van der Waals surface area contributed by atoms with Gasteiger partial charge in [-0.15, -0.1) is 0 Å². The molecule has 0 saturated heterocycles. The number of nitrogens with one attached hydrogen (secondary N) is 1. The van der Waals surface area contributed by atoms with Crippen LogP contribution in [-0.4, -0.2) is 47.4 Å². The number of amides is 1. The summed E-state index contributed by atoms with van der Waals surface area (Å²) in [5, 5.41) is 23.4. The summed E-state index contributed by atoms with van der Waals surface area (Å²) in [5.41, 5.74) is 0. The molecule has 0 radical (unpaired) electrons. The molecular formula is C69H133NO5. The van der Waals surface area contributed by atoms with Crippen molar-refractivity contribution in [1.82, 2.24) is 5.32 Å². The number of aliphatic hydroxyl groups is 2. The van der Waals surface area contributed by atoms with Crippen molar-refractivity contribution in [2.75, 3.05) is 13.2 Å². The van der Waals surface area contributed by atoms with Crippen LogP contribution < -0.4 is 5.32 Å². The van der Waals surface area contributed by atoms with Gasteiger partial charge in [-0.05, 0) is 77.0 Å². The van der Waals surface area contributed by atoms with E-state index in [-0.39, 0.29) is 18.5 Å². The molecule has 2 atom stereocenters. The molecule has 6 heteroatoms. The Labute approximate surface area is 469 Å². The molecule has 1 amide bonds. The van der Waals surface area contributed by atoms with Gasteiger partial charge in [-0.3, -0.25) is 9.59 Å². The van der Waals surface area contributed by atoms with Gasteiger partial charge in [0.2, 0.25) is 5.91 Å². The first-order valence-corrected chi connectivity index (χ1v) is 34.1. The summed E-state index contributed by atoms with van der Waals surface area (Å²) < 4.78 is 5.49. The lowest BCUT2D eigenvalue weighted by atomic mass is 10.0. The zero-order valence-corrected chi connectivity index (χ0v) is 50.8. The molecule has 6 nitrogen and oxygen atoms in total. The van der Waals surface area contributed by atoms with Crippen LogP contribution in [0.2, 0.25) is 0 Å². The van der Waals surface area contributed by atoms with Crippen LogP contribution in [0.4, 0.5) is 0 Å². The van der Waals surface area contributed by atoms with Gasteiger partial charge in [0.1, 0.15) is 0 Å². The maximum atomic E-state index is 12.5. The second-order valence-corrected chi connectivity index (χ2v) is 23.5. The Kier molecular flexibility index (Phi) is 63.4. The third-order valence-electron chi connectivity index (χ3n) is 16.0. The first-order valence-electron chi connectivity index (χ1n) is 34.1. The number of carbonyl (C=O) groups is 2. The summed E-state index contributed by atoms with van der Waals surface area (Å²) in [6.45, 7) is 4.96. The number of aliphatic hydroxyl groups excluding tert-OH is 2. The molecule has 0 heterocycles. The van der Waals surface area contributed by atoms with Crippen LogP contribution in [0, 0.1) is 0 Å². The topological polar surface area (TPSA) is 95.9 Å². The number of hydrogen-bond acceptors (Lipinski definition) is 5. The molecule has 0 aliphatic heterocycles. The van der Waals surface area contributed by atoms with Crippen LogP contribution in [0.25, 0.3) is 0 Å². The van der Waals surface area contributed by atoms with Crippen LogP contribution in [0.5, 0.6) is 0 Å². The Balaban J connectivity index is 3.44. The molecule has 0 aromatic heterocycles. The van der Waals surface area contributed by atoms with E-state index in [2.05, 4.69) is 43.5 Å². The van der Waals surface area contributed by atoms with Gasteiger partial charge >= 0.3 is 5.97 Å². The van der Waals surface area contributed by atoms with Crippen LogP contribution in [0.3, 0.4) is 0 Å². The van der Waals surface area contributed by atoms with Crippen LogP contribution in [-0.2, 0) is 14.3 Å². The second kappa shape index (κ2) is 64.9. The molecule has 2 unspecified atom stereocenters. The monoisotopic (exact) mass is 1060 g/mol. The first-order chi connectivity index (χ1) is 37.0. The summed E-state index contributed by atoms with van der Waals surface area (Å²) >= 11 is 0. The van der Waals surface area contributed by atoms with Crippen LogP contribution in [0.1, 0.15) is 380 Å². The third-order valence-corrected chi connectivity index (χ3v) is 16.0. The number of ether oxygens (including phenoxy) is 1. The van der Waals surface area contributed by atoms with Gasteiger partial charge in [0.05, 0.1) is 25.4 Å². The molecule has 0 aromatic carbocycles. The Morgan fingerprint density at radius 1 is 0.360 bits per heavy atom. The maximum Gasteiger partial charge on any atom is 0.305 e. The molecule has 0 saturated carbocycles. The standard InChI is InChI=1S/C69H133NO5/c1-3-5-7-9-11-13-15-17-19-21-23-24-25-26-27-28-29-33-37-41-45-49-53-57-61-67(72)66(65-71)70-68(73)62-58-54-50-46-42-38-34-31-32-36-40-44-48-52-56-60-64-75-69(74)63-59-55-51-47-43-39-35-30-22-20-18-16-14-12-10-8-6-4-2/h20,22,31,34,66-67,71-72H,3-19,21,23-30,32-33,35-65H2,1-2H3,(H,70,73)/b22-20-,34-31-. The molecule has 3 N–H and O–H groups in total. The van der Waals surface area contributed by atoms with E-state index in [0.29, 0.717) is 25.9 Å². The van der Waals surface area contributed by atoms with Gasteiger partial charge in [0.25, 0.3) is 0 Å². The van der Waals surface area contributed by atoms with Gasteiger partial charge in [0, 0.05) is 12.8 Å². The van der Waals surface area contributed by atoms with Crippen molar-refractivity contribution in [1.29, 1.82) is 0 Å². The highest BCUT2D eigenvalue weighted by molar-refractivity contribution is 5.76. The molecule has 0 aliphatic rings. The maximum absolute atomic E-state index is 12.5. The van der Waals surface area contributed by atoms with Gasteiger partial charge in [-0.25, -0.2) is 0 Å². The van der Waals surface area contributed by atoms with Crippen molar-refractivity contribution in [3.05, 3.63) is 24.3 Å². The predicted molar refractivity (Wildman–Crippen MR) is 329 cm³/mol. The summed E-state index contributed by atoms with van der Waals surface area (Å²) in [7, 11) is 0. The Bertz CT molecular complexity index is 1170. The highest BCUT2D eigenvalue weighted by atomic mass is 16.5. The first kappa shape index (κ1) is 73.3. The van der Waals surface area contributed by atoms with Crippen molar-refractivity contribution in [3.8, 4) is 0 Å². The lowest BCUT2D eigenvalue weighted by Crippen LogP contribution is -2.45. The van der Waals surface area contributed by atoms with E-state index in [1.807, 2.05) is 0 Å². The number of hydrogen-bond donors (Lipinski definition) is 3. The minimum absolute atomic E-state index is 0.00454. The molecule has 0 aromatic rings. The highest BCUT2D eigenvalue weighted by Crippen LogP contribution is 2.18. The van der Waals surface area contributed by atoms with Crippen LogP contribution in [0.15, 0.2) is 24.3 Å². The fraction of sp³-hybridized carbons (Fsp3) is 0.913. The van der Waals surface area contributed by atoms with E-state index < -0.39 is 12.1 Å². The summed E-state index contributed by atoms with van der Waals surface area (Å²) in [4.78, 5) is 24.6. The Morgan fingerprint density at radius 2 is 0.627 bits per heavy atom. The average molecular weight is 1060 g/mol. The van der Waals surface area contributed by atoms with E-state index >= 15 is 0 Å². The largest absolute Gasteiger partial charge is 0.466 e. The molecule has 0 aliphatic carbocycles. The molecule has 0 rings (SSSR count). The van der Waals surface area contributed by atoms with Crippen molar-refractivity contribution in [3.63, 3.8) is 0 Å². The van der Waals surface area contributed by atoms with Crippen molar-refractivity contribution >= 4 is 11.9 Å². The number of rotatable bonds is 64. The average Bonchev–Trinajstić information content (AvgIpc) is 3.41. The summed E-state index contributed by atoms with van der Waals surface area (Å²) in [6, 6.07) is -0.555. The highest BCUT2D eigenvalue weighted by Gasteiger charge is 2.20. The minimum atomic E-state index is -0.677. The normalized spacial score (nSPS) is 12.6. The van der Waals surface area contributed by atoms with Crippen molar-refractivity contribution in [2.24, 2.45) is 0 Å². The summed E-state index contributed by atoms with van der Waals surface area (Å²) in [6.07, 6.45) is 80.6. The lowest BCUT2D eigenvalue weighted by Gasteiger charge is -2.22. The Morgan fingerprint density at radius 3 is 0.947 bits per heavy atom. The molecule has 0 spiro atoms. The lowest BCUT2D eigenvalue weighted by molar-refractivity contribution is -0.143. The molecule has 0 bridgehead atoms. The van der Waals surface area contributed by atoms with E-state index in [1.165, 1.54) is 283 Å². The van der Waals surface area contributed by atoms with Crippen molar-refractivity contribution in [2.45, 2.75) is 392 Å². The molecule has 0 fully saturated rings. The molecule has 444 valence electrons. The van der Waals surface area contributed by atoms with Gasteiger partial charge < -0.3 is 20.3 Å². The third kappa shape index (κ3) is 61.4. The number of unbranched alkanes of at least 4 members (excludes halogenated alkanes) is 49. The molecular weight excluding hydrogens is 923 g/mol. The zero-order valence-electron chi connectivity index (χ0n) is 50.8.